The first kappa shape index (κ1) is 12.9. The number of rotatable bonds is 2. The van der Waals surface area contributed by atoms with Crippen LogP contribution in [-0.2, 0) is 10.3 Å². The van der Waals surface area contributed by atoms with E-state index < -0.39 is 5.60 Å². The number of halogens is 1. The maximum atomic E-state index is 10.2. The van der Waals surface area contributed by atoms with Crippen LogP contribution in [0.2, 0.25) is 0 Å². The lowest BCUT2D eigenvalue weighted by Gasteiger charge is -2.33. The van der Waals surface area contributed by atoms with Crippen LogP contribution in [-0.4, -0.2) is 31.4 Å². The average molecular weight is 300 g/mol. The minimum atomic E-state index is -0.836. The summed E-state index contributed by atoms with van der Waals surface area (Å²) in [5, 5.41) is 10.2. The molecule has 0 radical (unpaired) electrons. The predicted octanol–water partition coefficient (Wildman–Crippen LogP) is 2.51. The van der Waals surface area contributed by atoms with Crippen molar-refractivity contribution in [3.8, 4) is 0 Å². The highest BCUT2D eigenvalue weighted by Crippen LogP contribution is 2.33. The molecule has 0 amide bonds. The molecule has 1 heterocycles. The fourth-order valence-corrected chi connectivity index (χ4v) is 2.44. The van der Waals surface area contributed by atoms with Gasteiger partial charge in [-0.1, -0.05) is 15.9 Å². The Morgan fingerprint density at radius 3 is 2.53 bits per heavy atom. The van der Waals surface area contributed by atoms with Crippen molar-refractivity contribution >= 4 is 21.6 Å². The summed E-state index contributed by atoms with van der Waals surface area (Å²) in [5.41, 5.74) is 1.22. The molecule has 0 unspecified atom stereocenters. The highest BCUT2D eigenvalue weighted by molar-refractivity contribution is 9.10. The average Bonchev–Trinajstić information content (AvgIpc) is 2.29. The first-order chi connectivity index (χ1) is 7.98. The number of morpholine rings is 1. The lowest BCUT2D eigenvalue weighted by atomic mass is 9.96. The molecule has 0 saturated carbocycles. The molecule has 2 rings (SSSR count). The third kappa shape index (κ3) is 3.00. The monoisotopic (exact) mass is 299 g/mol. The van der Waals surface area contributed by atoms with Gasteiger partial charge in [-0.2, -0.15) is 0 Å². The maximum Gasteiger partial charge on any atom is 0.0860 e. The Balaban J connectivity index is 2.38. The van der Waals surface area contributed by atoms with Crippen LogP contribution in [0.4, 0.5) is 5.69 Å². The Bertz CT molecular complexity index is 395. The van der Waals surface area contributed by atoms with E-state index in [4.69, 9.17) is 4.74 Å². The summed E-state index contributed by atoms with van der Waals surface area (Å²) in [7, 11) is 0. The summed E-state index contributed by atoms with van der Waals surface area (Å²) in [5.74, 6) is 0. The van der Waals surface area contributed by atoms with Crippen molar-refractivity contribution < 1.29 is 9.84 Å². The van der Waals surface area contributed by atoms with E-state index >= 15 is 0 Å². The summed E-state index contributed by atoms with van der Waals surface area (Å²) < 4.78 is 6.35. The van der Waals surface area contributed by atoms with Crippen molar-refractivity contribution in [3.63, 3.8) is 0 Å². The van der Waals surface area contributed by atoms with Crippen molar-refractivity contribution in [2.75, 3.05) is 31.2 Å². The summed E-state index contributed by atoms with van der Waals surface area (Å²) >= 11 is 3.46. The summed E-state index contributed by atoms with van der Waals surface area (Å²) in [6, 6.07) is 6.06. The van der Waals surface area contributed by atoms with Crippen LogP contribution in [0.5, 0.6) is 0 Å². The van der Waals surface area contributed by atoms with Crippen LogP contribution >= 0.6 is 15.9 Å². The van der Waals surface area contributed by atoms with E-state index in [9.17, 15) is 5.11 Å². The van der Waals surface area contributed by atoms with Gasteiger partial charge in [0, 0.05) is 28.8 Å². The number of ether oxygens (including phenoxy) is 1. The standard InChI is InChI=1S/C13H18BrNO2/c1-13(2,16)11-9-10(14)3-4-12(11)15-5-7-17-8-6-15/h3-4,9,16H,5-8H2,1-2H3. The molecule has 0 atom stereocenters. The number of hydrogen-bond donors (Lipinski definition) is 1. The molecule has 3 nitrogen and oxygen atoms in total. The second-order valence-electron chi connectivity index (χ2n) is 4.82. The molecule has 1 aliphatic rings. The molecule has 1 aliphatic heterocycles. The van der Waals surface area contributed by atoms with Gasteiger partial charge in [-0.15, -0.1) is 0 Å². The molecule has 0 aromatic heterocycles. The van der Waals surface area contributed by atoms with Gasteiger partial charge in [0.25, 0.3) is 0 Å². The van der Waals surface area contributed by atoms with Gasteiger partial charge in [-0.25, -0.2) is 0 Å². The molecule has 1 N–H and O–H groups in total. The van der Waals surface area contributed by atoms with E-state index in [1.807, 2.05) is 26.0 Å². The Morgan fingerprint density at radius 2 is 1.94 bits per heavy atom. The van der Waals surface area contributed by atoms with Crippen LogP contribution < -0.4 is 4.90 Å². The number of hydrogen-bond acceptors (Lipinski definition) is 3. The Kier molecular flexibility index (Phi) is 3.76. The highest BCUT2D eigenvalue weighted by atomic mass is 79.9. The minimum absolute atomic E-state index is 0.751. The number of benzene rings is 1. The van der Waals surface area contributed by atoms with Gasteiger partial charge < -0.3 is 14.7 Å². The van der Waals surface area contributed by atoms with Crippen LogP contribution in [0.1, 0.15) is 19.4 Å². The SMILES string of the molecule is CC(C)(O)c1cc(Br)ccc1N1CCOCC1. The molecule has 94 valence electrons. The molecule has 1 aromatic rings. The van der Waals surface area contributed by atoms with E-state index in [-0.39, 0.29) is 0 Å². The normalized spacial score (nSPS) is 17.3. The van der Waals surface area contributed by atoms with E-state index in [0.717, 1.165) is 42.0 Å². The summed E-state index contributed by atoms with van der Waals surface area (Å²) in [6.45, 7) is 6.90. The highest BCUT2D eigenvalue weighted by Gasteiger charge is 2.24. The third-order valence-electron chi connectivity index (χ3n) is 2.97. The predicted molar refractivity (Wildman–Crippen MR) is 72.4 cm³/mol. The second-order valence-corrected chi connectivity index (χ2v) is 5.74. The van der Waals surface area contributed by atoms with Gasteiger partial charge in [0.2, 0.25) is 0 Å². The lowest BCUT2D eigenvalue weighted by molar-refractivity contribution is 0.0780. The van der Waals surface area contributed by atoms with Gasteiger partial charge in [0.05, 0.1) is 18.8 Å². The van der Waals surface area contributed by atoms with Crippen LogP contribution in [0.3, 0.4) is 0 Å². The largest absolute Gasteiger partial charge is 0.386 e. The van der Waals surface area contributed by atoms with Gasteiger partial charge in [-0.3, -0.25) is 0 Å². The molecular formula is C13H18BrNO2. The summed E-state index contributed by atoms with van der Waals surface area (Å²) in [6.07, 6.45) is 0. The van der Waals surface area contributed by atoms with Crippen molar-refractivity contribution in [3.05, 3.63) is 28.2 Å². The molecule has 0 spiro atoms. The van der Waals surface area contributed by atoms with E-state index in [0.29, 0.717) is 0 Å². The van der Waals surface area contributed by atoms with Crippen molar-refractivity contribution in [2.24, 2.45) is 0 Å². The van der Waals surface area contributed by atoms with E-state index in [1.54, 1.807) is 0 Å². The molecule has 0 aliphatic carbocycles. The molecule has 4 heteroatoms. The van der Waals surface area contributed by atoms with Crippen LogP contribution in [0.15, 0.2) is 22.7 Å². The molecule has 17 heavy (non-hydrogen) atoms. The zero-order valence-corrected chi connectivity index (χ0v) is 11.8. The van der Waals surface area contributed by atoms with Crippen molar-refractivity contribution in [1.82, 2.24) is 0 Å². The zero-order valence-electron chi connectivity index (χ0n) is 10.2. The third-order valence-corrected chi connectivity index (χ3v) is 3.46. The van der Waals surface area contributed by atoms with Gasteiger partial charge in [0.1, 0.15) is 0 Å². The molecule has 1 fully saturated rings. The van der Waals surface area contributed by atoms with Crippen LogP contribution in [0.25, 0.3) is 0 Å². The number of nitrogens with zero attached hydrogens (tertiary/aromatic N) is 1. The topological polar surface area (TPSA) is 32.7 Å². The molecule has 0 bridgehead atoms. The van der Waals surface area contributed by atoms with Gasteiger partial charge >= 0.3 is 0 Å². The zero-order chi connectivity index (χ0) is 12.5. The number of aliphatic hydroxyl groups is 1. The number of anilines is 1. The molecule has 1 aromatic carbocycles. The minimum Gasteiger partial charge on any atom is -0.386 e. The van der Waals surface area contributed by atoms with Crippen molar-refractivity contribution in [2.45, 2.75) is 19.4 Å². The Morgan fingerprint density at radius 1 is 1.29 bits per heavy atom. The van der Waals surface area contributed by atoms with E-state index in [2.05, 4.69) is 26.9 Å². The quantitative estimate of drug-likeness (QED) is 0.911. The fraction of sp³-hybridized carbons (Fsp3) is 0.538. The van der Waals surface area contributed by atoms with Crippen LogP contribution in [0, 0.1) is 0 Å². The second kappa shape index (κ2) is 4.96. The first-order valence-corrected chi connectivity index (χ1v) is 6.63. The molecular weight excluding hydrogens is 282 g/mol. The van der Waals surface area contributed by atoms with Crippen molar-refractivity contribution in [1.29, 1.82) is 0 Å². The summed E-state index contributed by atoms with van der Waals surface area (Å²) in [4.78, 5) is 2.27. The lowest BCUT2D eigenvalue weighted by Crippen LogP contribution is -2.37. The maximum absolute atomic E-state index is 10.2. The van der Waals surface area contributed by atoms with Gasteiger partial charge in [-0.05, 0) is 32.0 Å². The fourth-order valence-electron chi connectivity index (χ4n) is 2.08. The molecule has 1 saturated heterocycles. The Hall–Kier alpha value is -0.580. The van der Waals surface area contributed by atoms with Gasteiger partial charge in [0.15, 0.2) is 0 Å². The Labute approximate surface area is 111 Å². The van der Waals surface area contributed by atoms with E-state index in [1.165, 1.54) is 0 Å². The first-order valence-electron chi connectivity index (χ1n) is 5.83. The smallest absolute Gasteiger partial charge is 0.0860 e.